The Morgan fingerprint density at radius 2 is 1.68 bits per heavy atom. The van der Waals surface area contributed by atoms with Gasteiger partial charge in [0.1, 0.15) is 23.2 Å². The molecule has 2 aromatic carbocycles. The molecule has 2 aliphatic heterocycles. The van der Waals surface area contributed by atoms with E-state index in [0.717, 1.165) is 37.8 Å². The van der Waals surface area contributed by atoms with Crippen molar-refractivity contribution in [3.05, 3.63) is 76.3 Å². The van der Waals surface area contributed by atoms with Crippen molar-refractivity contribution in [2.45, 2.75) is 56.7 Å². The number of esters is 1. The lowest BCUT2D eigenvalue weighted by atomic mass is 9.97. The van der Waals surface area contributed by atoms with Gasteiger partial charge in [0.25, 0.3) is 0 Å². The Labute approximate surface area is 213 Å². The highest BCUT2D eigenvalue weighted by Crippen LogP contribution is 2.42. The Balaban J connectivity index is 1.30. The second kappa shape index (κ2) is 10.2. The number of aliphatic hydroxyl groups is 1. The Morgan fingerprint density at radius 1 is 1.03 bits per heavy atom. The van der Waals surface area contributed by atoms with Crippen LogP contribution in [0.4, 0.5) is 18.9 Å². The van der Waals surface area contributed by atoms with Crippen molar-refractivity contribution in [1.29, 1.82) is 5.41 Å². The summed E-state index contributed by atoms with van der Waals surface area (Å²) in [5.74, 6) is -2.97. The lowest BCUT2D eigenvalue weighted by Gasteiger charge is -2.40. The highest BCUT2D eigenvalue weighted by atomic mass is 19.1. The van der Waals surface area contributed by atoms with Crippen LogP contribution in [0.5, 0.6) is 0 Å². The molecule has 3 atom stereocenters. The number of ether oxygens (including phenoxy) is 2. The predicted octanol–water partition coefficient (Wildman–Crippen LogP) is 5.70. The minimum Gasteiger partial charge on any atom is -0.512 e. The number of rotatable bonds is 8. The van der Waals surface area contributed by atoms with Gasteiger partial charge in [0, 0.05) is 23.6 Å². The zero-order valence-corrected chi connectivity index (χ0v) is 20.5. The lowest BCUT2D eigenvalue weighted by Crippen LogP contribution is -2.46. The molecule has 0 radical (unpaired) electrons. The van der Waals surface area contributed by atoms with E-state index in [-0.39, 0.29) is 47.6 Å². The molecular formula is C28H29F3N2O4. The second-order valence-corrected chi connectivity index (χ2v) is 9.96. The van der Waals surface area contributed by atoms with Gasteiger partial charge in [-0.2, -0.15) is 0 Å². The molecule has 2 unspecified atom stereocenters. The van der Waals surface area contributed by atoms with Gasteiger partial charge < -0.3 is 19.5 Å². The van der Waals surface area contributed by atoms with Gasteiger partial charge in [0.05, 0.1) is 42.3 Å². The van der Waals surface area contributed by atoms with Crippen LogP contribution in [0.25, 0.3) is 0 Å². The number of fused-ring (bicyclic) bond motifs is 2. The van der Waals surface area contributed by atoms with E-state index < -0.39 is 34.7 Å². The molecule has 2 N–H and O–H groups in total. The van der Waals surface area contributed by atoms with Crippen LogP contribution >= 0.6 is 0 Å². The number of hydrogen-bond donors (Lipinski definition) is 2. The summed E-state index contributed by atoms with van der Waals surface area (Å²) < 4.78 is 54.5. The van der Waals surface area contributed by atoms with Crippen LogP contribution in [0.2, 0.25) is 0 Å². The smallest absolute Gasteiger partial charge is 0.337 e. The summed E-state index contributed by atoms with van der Waals surface area (Å²) in [6.45, 7) is -0.138. The van der Waals surface area contributed by atoms with Crippen molar-refractivity contribution in [3.8, 4) is 0 Å². The summed E-state index contributed by atoms with van der Waals surface area (Å²) in [6.07, 6.45) is 4.22. The van der Waals surface area contributed by atoms with Gasteiger partial charge in [-0.1, -0.05) is 6.07 Å². The summed E-state index contributed by atoms with van der Waals surface area (Å²) in [7, 11) is 1.25. The van der Waals surface area contributed by atoms with Crippen LogP contribution in [0.3, 0.4) is 0 Å². The van der Waals surface area contributed by atoms with E-state index >= 15 is 0 Å². The zero-order valence-electron chi connectivity index (χ0n) is 20.5. The summed E-state index contributed by atoms with van der Waals surface area (Å²) in [5, 5.41) is 19.2. The second-order valence-electron chi connectivity index (χ2n) is 9.96. The number of methoxy groups -OCH3 is 1. The van der Waals surface area contributed by atoms with Gasteiger partial charge in [0.15, 0.2) is 0 Å². The first kappa shape index (κ1) is 25.3. The fourth-order valence-electron chi connectivity index (χ4n) is 5.58. The monoisotopic (exact) mass is 514 g/mol. The van der Waals surface area contributed by atoms with Crippen molar-refractivity contribution >= 4 is 17.4 Å². The Morgan fingerprint density at radius 3 is 2.24 bits per heavy atom. The quantitative estimate of drug-likeness (QED) is 0.268. The van der Waals surface area contributed by atoms with Gasteiger partial charge in [-0.3, -0.25) is 5.41 Å². The van der Waals surface area contributed by atoms with Crippen molar-refractivity contribution in [2.75, 3.05) is 18.6 Å². The number of aliphatic hydroxyl groups excluding tert-OH is 1. The van der Waals surface area contributed by atoms with Gasteiger partial charge in [0.2, 0.25) is 0 Å². The van der Waals surface area contributed by atoms with Gasteiger partial charge >= 0.3 is 5.97 Å². The summed E-state index contributed by atoms with van der Waals surface area (Å²) in [4.78, 5) is 13.8. The molecule has 9 heteroatoms. The highest BCUT2D eigenvalue weighted by molar-refractivity contribution is 6.11. The maximum absolute atomic E-state index is 14.9. The number of nitrogens with one attached hydrogen (secondary N) is 1. The van der Waals surface area contributed by atoms with Crippen LogP contribution in [-0.2, 0) is 9.47 Å². The number of hydrogen-bond acceptors (Lipinski definition) is 6. The molecule has 1 aliphatic carbocycles. The molecule has 2 bridgehead atoms. The summed E-state index contributed by atoms with van der Waals surface area (Å²) >= 11 is 0. The molecule has 2 saturated heterocycles. The minimum atomic E-state index is -0.863. The number of carbonyl (C=O) groups excluding carboxylic acids is 1. The number of allylic oxidation sites excluding steroid dienone is 1. The average Bonchev–Trinajstić information content (AvgIpc) is 3.69. The van der Waals surface area contributed by atoms with E-state index in [1.54, 1.807) is 12.1 Å². The van der Waals surface area contributed by atoms with E-state index in [9.17, 15) is 23.1 Å². The third kappa shape index (κ3) is 4.97. The molecule has 196 valence electrons. The maximum atomic E-state index is 14.9. The first-order valence-electron chi connectivity index (χ1n) is 12.5. The van der Waals surface area contributed by atoms with Crippen molar-refractivity contribution in [2.24, 2.45) is 5.92 Å². The van der Waals surface area contributed by atoms with Gasteiger partial charge in [-0.25, -0.2) is 18.0 Å². The molecular weight excluding hydrogens is 485 g/mol. The van der Waals surface area contributed by atoms with E-state index in [4.69, 9.17) is 10.1 Å². The molecule has 2 aromatic rings. The summed E-state index contributed by atoms with van der Waals surface area (Å²) in [6, 6.07) is 7.80. The molecule has 1 saturated carbocycles. The third-order valence-electron chi connectivity index (χ3n) is 7.59. The largest absolute Gasteiger partial charge is 0.512 e. The Bertz CT molecular complexity index is 1230. The van der Waals surface area contributed by atoms with E-state index in [2.05, 4.69) is 4.74 Å². The molecule has 3 fully saturated rings. The third-order valence-corrected chi connectivity index (χ3v) is 7.59. The topological polar surface area (TPSA) is 82.8 Å². The minimum absolute atomic E-state index is 0.0233. The van der Waals surface area contributed by atoms with Gasteiger partial charge in [-0.15, -0.1) is 0 Å². The summed E-state index contributed by atoms with van der Waals surface area (Å²) in [5.41, 5.74) is -0.201. The molecule has 37 heavy (non-hydrogen) atoms. The molecule has 3 aliphatic rings. The van der Waals surface area contributed by atoms with Crippen LogP contribution in [0.15, 0.2) is 47.7 Å². The first-order chi connectivity index (χ1) is 17.8. The van der Waals surface area contributed by atoms with Crippen LogP contribution < -0.4 is 4.90 Å². The van der Waals surface area contributed by atoms with Crippen molar-refractivity contribution < 1.29 is 32.5 Å². The average molecular weight is 515 g/mol. The highest BCUT2D eigenvalue weighted by Gasteiger charge is 2.42. The number of anilines is 1. The number of benzene rings is 2. The first-order valence-corrected chi connectivity index (χ1v) is 12.5. The van der Waals surface area contributed by atoms with Crippen LogP contribution in [0, 0.1) is 28.8 Å². The number of halogens is 3. The van der Waals surface area contributed by atoms with E-state index in [1.165, 1.54) is 19.2 Å². The van der Waals surface area contributed by atoms with Crippen LogP contribution in [-0.4, -0.2) is 48.7 Å². The maximum Gasteiger partial charge on any atom is 0.337 e. The zero-order chi connectivity index (χ0) is 26.3. The number of carbonyl (C=O) groups is 1. The lowest BCUT2D eigenvalue weighted by molar-refractivity contribution is 0.0408. The molecule has 0 spiro atoms. The molecule has 0 aromatic heterocycles. The fourth-order valence-corrected chi connectivity index (χ4v) is 5.58. The SMILES string of the molecule is COC(=O)c1ccc(N2C3CC[C@H]2CC(OC/C(C(=N)c2c(F)cccc2F)=C(/O)C2CC2)C3)c(F)c1. The Kier molecular flexibility index (Phi) is 6.98. The molecule has 6 nitrogen and oxygen atoms in total. The fraction of sp³-hybridized carbons (Fsp3) is 0.429. The number of nitrogens with zero attached hydrogens (tertiary/aromatic N) is 1. The molecule has 2 heterocycles. The van der Waals surface area contributed by atoms with Crippen molar-refractivity contribution in [1.82, 2.24) is 0 Å². The molecule has 0 amide bonds. The van der Waals surface area contributed by atoms with E-state index in [1.807, 2.05) is 4.90 Å². The van der Waals surface area contributed by atoms with Crippen LogP contribution in [0.1, 0.15) is 54.4 Å². The van der Waals surface area contributed by atoms with Crippen molar-refractivity contribution in [3.63, 3.8) is 0 Å². The molecule has 5 rings (SSSR count). The van der Waals surface area contributed by atoms with Gasteiger partial charge in [-0.05, 0) is 68.9 Å². The van der Waals surface area contributed by atoms with E-state index in [0.29, 0.717) is 18.5 Å². The Hall–Kier alpha value is -3.33. The normalized spacial score (nSPS) is 23.6. The number of piperidine rings is 1. The predicted molar refractivity (Wildman–Crippen MR) is 132 cm³/mol. The standard InChI is InChI=1S/C28H29F3N2O4/c1-36-28(35)16-7-10-24(23(31)11-16)33-17-8-9-18(33)13-19(12-17)37-14-20(27(34)15-5-6-15)26(32)25-21(29)3-2-4-22(25)30/h2-4,7,10-11,15,17-19,32,34H,5-6,8-9,12-14H2,1H3/b27-20-,32-26?/t17-,18?,19?/m0/s1.